The Hall–Kier alpha value is -0.790. The van der Waals surface area contributed by atoms with Crippen LogP contribution in [0.4, 0.5) is 0 Å². The van der Waals surface area contributed by atoms with Gasteiger partial charge in [0.1, 0.15) is 12.4 Å². The minimum Gasteiger partial charge on any atom is -0.237 e. The summed E-state index contributed by atoms with van der Waals surface area (Å²) in [5.74, 6) is 0.878. The van der Waals surface area contributed by atoms with Gasteiger partial charge in [0.05, 0.1) is 13.1 Å². The van der Waals surface area contributed by atoms with Gasteiger partial charge < -0.3 is 0 Å². The number of aromatic nitrogens is 2. The number of hydrogen-bond acceptors (Lipinski definition) is 0. The molecule has 0 atom stereocenters. The van der Waals surface area contributed by atoms with Crippen molar-refractivity contribution in [2.24, 2.45) is 5.92 Å². The molecular weight excluding hydrogens is 436 g/mol. The van der Waals surface area contributed by atoms with E-state index >= 15 is 0 Å². The second kappa shape index (κ2) is 25.8. The molecule has 0 aliphatic rings. The molecule has 0 unspecified atom stereocenters. The van der Waals surface area contributed by atoms with Crippen LogP contribution in [0.2, 0.25) is 0 Å². The Balaban J connectivity index is 1.80. The Morgan fingerprint density at radius 2 is 0.944 bits per heavy atom. The molecule has 1 aromatic heterocycles. The Kier molecular flexibility index (Phi) is 23.9. The van der Waals surface area contributed by atoms with E-state index < -0.39 is 0 Å². The van der Waals surface area contributed by atoms with E-state index in [9.17, 15) is 0 Å². The van der Waals surface area contributed by atoms with Crippen molar-refractivity contribution in [2.75, 3.05) is 0 Å². The van der Waals surface area contributed by atoms with E-state index in [2.05, 4.69) is 48.6 Å². The molecule has 0 aromatic carbocycles. The molecule has 0 saturated carbocycles. The van der Waals surface area contributed by atoms with Crippen molar-refractivity contribution in [1.29, 1.82) is 0 Å². The van der Waals surface area contributed by atoms with Gasteiger partial charge in [0, 0.05) is 0 Å². The first-order chi connectivity index (χ1) is 17.7. The molecule has 0 bridgehead atoms. The average Bonchev–Trinajstić information content (AvgIpc) is 3.32. The van der Waals surface area contributed by atoms with Gasteiger partial charge >= 0.3 is 0 Å². The Morgan fingerprint density at radius 1 is 0.528 bits per heavy atom. The molecule has 0 aliphatic carbocycles. The van der Waals surface area contributed by atoms with Crippen LogP contribution in [-0.2, 0) is 13.1 Å². The van der Waals surface area contributed by atoms with Crippen molar-refractivity contribution in [2.45, 2.75) is 194 Å². The Morgan fingerprint density at radius 3 is 1.42 bits per heavy atom. The van der Waals surface area contributed by atoms with Crippen molar-refractivity contribution < 1.29 is 4.57 Å². The quantitative estimate of drug-likeness (QED) is 0.0794. The molecule has 0 aliphatic heterocycles. The van der Waals surface area contributed by atoms with Crippen molar-refractivity contribution in [3.05, 3.63) is 18.7 Å². The highest BCUT2D eigenvalue weighted by molar-refractivity contribution is 4.66. The monoisotopic (exact) mass is 504 g/mol. The molecule has 0 N–H and O–H groups in total. The topological polar surface area (TPSA) is 8.81 Å². The molecule has 36 heavy (non-hydrogen) atoms. The van der Waals surface area contributed by atoms with E-state index in [-0.39, 0.29) is 0 Å². The summed E-state index contributed by atoms with van der Waals surface area (Å²) in [6.07, 6.45) is 42.8. The molecule has 1 rings (SSSR count). The minimum absolute atomic E-state index is 0.878. The van der Waals surface area contributed by atoms with Crippen LogP contribution in [0.3, 0.4) is 0 Å². The summed E-state index contributed by atoms with van der Waals surface area (Å²) in [5, 5.41) is 0. The number of imidazole rings is 1. The zero-order valence-corrected chi connectivity index (χ0v) is 25.3. The van der Waals surface area contributed by atoms with Crippen LogP contribution >= 0.6 is 0 Å². The fourth-order valence-electron chi connectivity index (χ4n) is 5.45. The van der Waals surface area contributed by atoms with Crippen LogP contribution in [-0.4, -0.2) is 4.57 Å². The second-order valence-corrected chi connectivity index (χ2v) is 12.2. The Labute approximate surface area is 228 Å². The van der Waals surface area contributed by atoms with Crippen LogP contribution in [0.25, 0.3) is 0 Å². The molecule has 0 fully saturated rings. The fourth-order valence-corrected chi connectivity index (χ4v) is 5.45. The maximum Gasteiger partial charge on any atom is 0.243 e. The Bertz CT molecular complexity index is 547. The molecule has 212 valence electrons. The van der Waals surface area contributed by atoms with E-state index in [0.29, 0.717) is 0 Å². The summed E-state index contributed by atoms with van der Waals surface area (Å²) in [4.78, 5) is 0. The number of unbranched alkanes of at least 4 members (excludes halogenated alkanes) is 22. The van der Waals surface area contributed by atoms with E-state index in [0.717, 1.165) is 5.92 Å². The lowest BCUT2D eigenvalue weighted by molar-refractivity contribution is -0.696. The molecular formula is C34H67N2+. The highest BCUT2D eigenvalue weighted by Gasteiger charge is 2.04. The average molecular weight is 504 g/mol. The van der Waals surface area contributed by atoms with Gasteiger partial charge in [0.15, 0.2) is 0 Å². The van der Waals surface area contributed by atoms with Crippen LogP contribution in [0.5, 0.6) is 0 Å². The van der Waals surface area contributed by atoms with Crippen molar-refractivity contribution in [1.82, 2.24) is 4.57 Å². The van der Waals surface area contributed by atoms with Gasteiger partial charge in [-0.05, 0) is 31.6 Å². The summed E-state index contributed by atoms with van der Waals surface area (Å²) in [6, 6.07) is 0. The smallest absolute Gasteiger partial charge is 0.237 e. The van der Waals surface area contributed by atoms with E-state index in [1.807, 2.05) is 0 Å². The molecule has 1 aromatic rings. The predicted molar refractivity (Wildman–Crippen MR) is 161 cm³/mol. The molecule has 1 heterocycles. The number of hydrogen-bond donors (Lipinski definition) is 0. The van der Waals surface area contributed by atoms with Gasteiger partial charge in [-0.3, -0.25) is 0 Å². The lowest BCUT2D eigenvalue weighted by Gasteiger charge is -2.04. The maximum atomic E-state index is 2.40. The molecule has 0 radical (unpaired) electrons. The first-order valence-corrected chi connectivity index (χ1v) is 16.8. The van der Waals surface area contributed by atoms with Crippen molar-refractivity contribution in [3.8, 4) is 0 Å². The van der Waals surface area contributed by atoms with E-state index in [4.69, 9.17) is 0 Å². The minimum atomic E-state index is 0.878. The van der Waals surface area contributed by atoms with Crippen molar-refractivity contribution >= 4 is 0 Å². The summed E-state index contributed by atoms with van der Waals surface area (Å²) in [5.41, 5.74) is 0. The first-order valence-electron chi connectivity index (χ1n) is 16.8. The summed E-state index contributed by atoms with van der Waals surface area (Å²) in [6.45, 7) is 9.37. The number of rotatable bonds is 28. The summed E-state index contributed by atoms with van der Waals surface area (Å²) in [7, 11) is 0. The zero-order chi connectivity index (χ0) is 25.9. The van der Waals surface area contributed by atoms with E-state index in [1.54, 1.807) is 0 Å². The molecule has 2 nitrogen and oxygen atoms in total. The fraction of sp³-hybridized carbons (Fsp3) is 0.912. The van der Waals surface area contributed by atoms with Gasteiger partial charge in [0.25, 0.3) is 0 Å². The van der Waals surface area contributed by atoms with Crippen molar-refractivity contribution in [3.63, 3.8) is 0 Å². The lowest BCUT2D eigenvalue weighted by Crippen LogP contribution is -2.30. The van der Waals surface area contributed by atoms with E-state index in [1.165, 1.54) is 174 Å². The standard InChI is InChI=1S/C34H67N2/c1-4-5-6-7-8-9-10-11-12-13-14-15-16-17-20-23-26-29-35-31-32-36(33-35)30-27-24-21-18-19-22-25-28-34(2)3/h31-34H,4-30H2,1-3H3/q+1. The van der Waals surface area contributed by atoms with Crippen LogP contribution in [0, 0.1) is 5.92 Å². The third-order valence-corrected chi connectivity index (χ3v) is 7.96. The zero-order valence-electron chi connectivity index (χ0n) is 25.3. The highest BCUT2D eigenvalue weighted by Crippen LogP contribution is 2.14. The first kappa shape index (κ1) is 33.2. The normalized spacial score (nSPS) is 11.7. The van der Waals surface area contributed by atoms with Gasteiger partial charge in [-0.1, -0.05) is 156 Å². The third-order valence-electron chi connectivity index (χ3n) is 7.96. The maximum absolute atomic E-state index is 2.40. The molecule has 0 spiro atoms. The summed E-state index contributed by atoms with van der Waals surface area (Å²) < 4.78 is 4.80. The van der Waals surface area contributed by atoms with Gasteiger partial charge in [-0.2, -0.15) is 0 Å². The molecule has 0 amide bonds. The predicted octanol–water partition coefficient (Wildman–Crippen LogP) is 11.2. The molecule has 2 heteroatoms. The number of nitrogens with zero attached hydrogens (tertiary/aromatic N) is 2. The third kappa shape index (κ3) is 22.4. The van der Waals surface area contributed by atoms with Crippen LogP contribution in [0.15, 0.2) is 18.7 Å². The van der Waals surface area contributed by atoms with Gasteiger partial charge in [-0.15, -0.1) is 0 Å². The largest absolute Gasteiger partial charge is 0.243 e. The van der Waals surface area contributed by atoms with Gasteiger partial charge in [-0.25, -0.2) is 9.13 Å². The van der Waals surface area contributed by atoms with Crippen LogP contribution < -0.4 is 4.57 Å². The molecule has 0 saturated heterocycles. The van der Waals surface area contributed by atoms with Crippen LogP contribution in [0.1, 0.15) is 181 Å². The number of aryl methyl sites for hydroxylation is 2. The summed E-state index contributed by atoms with van der Waals surface area (Å²) >= 11 is 0. The van der Waals surface area contributed by atoms with Gasteiger partial charge in [0.2, 0.25) is 6.33 Å². The lowest BCUT2D eigenvalue weighted by atomic mass is 10.0. The second-order valence-electron chi connectivity index (χ2n) is 12.2. The highest BCUT2D eigenvalue weighted by atomic mass is 15.1. The SMILES string of the molecule is CCCCCCCCCCCCCCCCCCCn1cc[n+](CCCCCCCCCC(C)C)c1.